The van der Waals surface area contributed by atoms with Crippen LogP contribution in [-0.2, 0) is 4.79 Å². The third-order valence-corrected chi connectivity index (χ3v) is 3.07. The van der Waals surface area contributed by atoms with Crippen LogP contribution in [0.15, 0.2) is 48.1 Å². The van der Waals surface area contributed by atoms with Crippen LogP contribution >= 0.6 is 0 Å². The Morgan fingerprint density at radius 1 is 0.941 bits per heavy atom. The zero-order chi connectivity index (χ0) is 12.0. The molecule has 3 nitrogen and oxygen atoms in total. The molecule has 0 saturated heterocycles. The zero-order valence-electron chi connectivity index (χ0n) is 8.84. The van der Waals surface area contributed by atoms with Crippen molar-refractivity contribution in [2.75, 3.05) is 0 Å². The standard InChI is InChI=1S/C14H8O3/c15-8-5-6-11-12(7-8)14(17)10-4-2-1-3-9(10)13(11)16/h1-7,11H/t11-/m1/s1. The third kappa shape index (κ3) is 1.32. The van der Waals surface area contributed by atoms with Gasteiger partial charge in [0.15, 0.2) is 17.3 Å². The first kappa shape index (κ1) is 9.90. The van der Waals surface area contributed by atoms with Crippen molar-refractivity contribution in [2.24, 2.45) is 5.92 Å². The van der Waals surface area contributed by atoms with Gasteiger partial charge in [-0.3, -0.25) is 14.4 Å². The first-order valence-corrected chi connectivity index (χ1v) is 5.30. The Balaban J connectivity index is 2.25. The van der Waals surface area contributed by atoms with E-state index in [4.69, 9.17) is 0 Å². The monoisotopic (exact) mass is 224 g/mol. The molecule has 3 heteroatoms. The van der Waals surface area contributed by atoms with Crippen LogP contribution in [0.3, 0.4) is 0 Å². The van der Waals surface area contributed by atoms with Gasteiger partial charge in [0, 0.05) is 16.7 Å². The van der Waals surface area contributed by atoms with Crippen LogP contribution in [0.2, 0.25) is 0 Å². The van der Waals surface area contributed by atoms with E-state index in [-0.39, 0.29) is 17.3 Å². The van der Waals surface area contributed by atoms with Gasteiger partial charge in [0.1, 0.15) is 0 Å². The molecular weight excluding hydrogens is 216 g/mol. The maximum absolute atomic E-state index is 12.1. The highest BCUT2D eigenvalue weighted by Gasteiger charge is 2.36. The molecule has 3 rings (SSSR count). The predicted octanol–water partition coefficient (Wildman–Crippen LogP) is 1.75. The number of hydrogen-bond donors (Lipinski definition) is 0. The van der Waals surface area contributed by atoms with Crippen LogP contribution in [0.25, 0.3) is 0 Å². The van der Waals surface area contributed by atoms with Gasteiger partial charge < -0.3 is 0 Å². The summed E-state index contributed by atoms with van der Waals surface area (Å²) in [5.74, 6) is -1.16. The molecule has 0 spiro atoms. The molecule has 17 heavy (non-hydrogen) atoms. The minimum Gasteiger partial charge on any atom is -0.293 e. The largest absolute Gasteiger partial charge is 0.293 e. The third-order valence-electron chi connectivity index (χ3n) is 3.07. The smallest absolute Gasteiger partial charge is 0.190 e. The van der Waals surface area contributed by atoms with Crippen molar-refractivity contribution in [1.29, 1.82) is 0 Å². The number of carbonyl (C=O) groups is 3. The first-order chi connectivity index (χ1) is 8.18. The molecule has 0 radical (unpaired) electrons. The lowest BCUT2D eigenvalue weighted by Gasteiger charge is -2.24. The second-order valence-corrected chi connectivity index (χ2v) is 4.08. The highest BCUT2D eigenvalue weighted by Crippen LogP contribution is 2.32. The average molecular weight is 224 g/mol. The minimum atomic E-state index is -0.588. The Bertz CT molecular complexity index is 620. The van der Waals surface area contributed by atoms with Crippen LogP contribution in [0.1, 0.15) is 20.7 Å². The number of Topliss-reactive ketones (excluding diaryl/α,β-unsaturated/α-hetero) is 2. The fourth-order valence-corrected chi connectivity index (χ4v) is 2.24. The molecule has 1 aromatic rings. The molecule has 0 N–H and O–H groups in total. The van der Waals surface area contributed by atoms with E-state index in [9.17, 15) is 14.4 Å². The molecule has 0 unspecified atom stereocenters. The lowest BCUT2D eigenvalue weighted by Crippen LogP contribution is -2.30. The van der Waals surface area contributed by atoms with E-state index in [0.717, 1.165) is 0 Å². The number of hydrogen-bond acceptors (Lipinski definition) is 3. The Kier molecular flexibility index (Phi) is 1.95. The topological polar surface area (TPSA) is 51.2 Å². The number of carbonyl (C=O) groups excluding carboxylic acids is 3. The second kappa shape index (κ2) is 3.35. The Morgan fingerprint density at radius 2 is 1.65 bits per heavy atom. The van der Waals surface area contributed by atoms with Crippen molar-refractivity contribution >= 4 is 17.3 Å². The number of rotatable bonds is 0. The molecule has 2 aliphatic carbocycles. The zero-order valence-corrected chi connectivity index (χ0v) is 8.84. The summed E-state index contributed by atoms with van der Waals surface area (Å²) < 4.78 is 0. The van der Waals surface area contributed by atoms with E-state index < -0.39 is 5.92 Å². The first-order valence-electron chi connectivity index (χ1n) is 5.30. The molecule has 0 bridgehead atoms. The summed E-state index contributed by atoms with van der Waals surface area (Å²) in [5, 5.41) is 0. The summed E-state index contributed by atoms with van der Waals surface area (Å²) in [6.07, 6.45) is 4.11. The highest BCUT2D eigenvalue weighted by atomic mass is 16.1. The van der Waals surface area contributed by atoms with Crippen LogP contribution < -0.4 is 0 Å². The van der Waals surface area contributed by atoms with Crippen molar-refractivity contribution in [3.63, 3.8) is 0 Å². The number of ketones is 3. The van der Waals surface area contributed by atoms with Crippen molar-refractivity contribution < 1.29 is 14.4 Å². The van der Waals surface area contributed by atoms with Gasteiger partial charge in [0.05, 0.1) is 5.92 Å². The molecule has 0 aliphatic heterocycles. The molecule has 0 fully saturated rings. The van der Waals surface area contributed by atoms with Gasteiger partial charge in [-0.05, 0) is 12.2 Å². The molecular formula is C14H8O3. The van der Waals surface area contributed by atoms with Crippen molar-refractivity contribution in [3.8, 4) is 0 Å². The molecule has 82 valence electrons. The minimum absolute atomic E-state index is 0.116. The highest BCUT2D eigenvalue weighted by molar-refractivity contribution is 6.26. The Labute approximate surface area is 97.4 Å². The normalized spacial score (nSPS) is 22.0. The maximum Gasteiger partial charge on any atom is 0.190 e. The summed E-state index contributed by atoms with van der Waals surface area (Å²) in [6.45, 7) is 0. The Morgan fingerprint density at radius 3 is 2.41 bits per heavy atom. The van der Waals surface area contributed by atoms with Gasteiger partial charge in [-0.25, -0.2) is 0 Å². The Hall–Kier alpha value is -2.29. The molecule has 0 saturated carbocycles. The number of fused-ring (bicyclic) bond motifs is 2. The fourth-order valence-electron chi connectivity index (χ4n) is 2.24. The van der Waals surface area contributed by atoms with E-state index in [1.807, 2.05) is 0 Å². The summed E-state index contributed by atoms with van der Waals surface area (Å²) in [5.41, 5.74) is 1.13. The van der Waals surface area contributed by atoms with Gasteiger partial charge >= 0.3 is 0 Å². The van der Waals surface area contributed by atoms with E-state index in [2.05, 4.69) is 0 Å². The van der Waals surface area contributed by atoms with Crippen LogP contribution in [0, 0.1) is 5.92 Å². The van der Waals surface area contributed by atoms with Gasteiger partial charge in [-0.2, -0.15) is 0 Å². The second-order valence-electron chi connectivity index (χ2n) is 4.08. The summed E-state index contributed by atoms with van der Waals surface area (Å²) >= 11 is 0. The molecule has 2 aliphatic rings. The number of allylic oxidation sites excluding steroid dienone is 4. The number of benzene rings is 1. The maximum atomic E-state index is 12.1. The molecule has 0 aromatic heterocycles. The van der Waals surface area contributed by atoms with E-state index in [0.29, 0.717) is 16.7 Å². The van der Waals surface area contributed by atoms with Gasteiger partial charge in [-0.15, -0.1) is 0 Å². The van der Waals surface area contributed by atoms with Crippen molar-refractivity contribution in [3.05, 3.63) is 59.2 Å². The summed E-state index contributed by atoms with van der Waals surface area (Å²) in [4.78, 5) is 35.5. The van der Waals surface area contributed by atoms with Crippen LogP contribution in [0.5, 0.6) is 0 Å². The summed E-state index contributed by atoms with van der Waals surface area (Å²) in [6, 6.07) is 6.72. The van der Waals surface area contributed by atoms with E-state index >= 15 is 0 Å². The van der Waals surface area contributed by atoms with E-state index in [1.165, 1.54) is 18.2 Å². The van der Waals surface area contributed by atoms with Crippen LogP contribution in [0.4, 0.5) is 0 Å². The van der Waals surface area contributed by atoms with Gasteiger partial charge in [0.25, 0.3) is 0 Å². The van der Waals surface area contributed by atoms with Gasteiger partial charge in [-0.1, -0.05) is 30.3 Å². The van der Waals surface area contributed by atoms with Crippen molar-refractivity contribution in [1.82, 2.24) is 0 Å². The fraction of sp³-hybridized carbons (Fsp3) is 0.0714. The molecule has 0 heterocycles. The van der Waals surface area contributed by atoms with Crippen LogP contribution in [-0.4, -0.2) is 17.3 Å². The average Bonchev–Trinajstić information content (AvgIpc) is 2.36. The molecule has 1 atom stereocenters. The summed E-state index contributed by atoms with van der Waals surface area (Å²) in [7, 11) is 0. The quantitative estimate of drug-likeness (QED) is 0.674. The lowest BCUT2D eigenvalue weighted by molar-refractivity contribution is -0.110. The molecule has 0 amide bonds. The molecule has 1 aromatic carbocycles. The van der Waals surface area contributed by atoms with E-state index in [1.54, 1.807) is 24.3 Å². The van der Waals surface area contributed by atoms with Gasteiger partial charge in [0.2, 0.25) is 0 Å². The SMILES string of the molecule is O=C1C=C[C@H]2C(=O)c3ccccc3C(=O)C2=C1. The lowest BCUT2D eigenvalue weighted by atomic mass is 9.76. The predicted molar refractivity (Wildman–Crippen MR) is 60.8 cm³/mol. The van der Waals surface area contributed by atoms with Crippen molar-refractivity contribution in [2.45, 2.75) is 0 Å².